The number of fused-ring (bicyclic) bond motifs is 1. The van der Waals surface area contributed by atoms with Gasteiger partial charge in [-0.3, -0.25) is 14.3 Å². The van der Waals surface area contributed by atoms with Crippen molar-refractivity contribution >= 4 is 28.3 Å². The van der Waals surface area contributed by atoms with Crippen molar-refractivity contribution in [3.8, 4) is 28.7 Å². The molecule has 0 saturated heterocycles. The number of amides is 2. The largest absolute Gasteiger partial charge is 0.496 e. The number of nitrogens with zero attached hydrogens (tertiary/aromatic N) is 5. The lowest BCUT2D eigenvalue weighted by Gasteiger charge is -2.28. The number of nitrogens with one attached hydrogen (secondary N) is 1. The van der Waals surface area contributed by atoms with Gasteiger partial charge < -0.3 is 24.6 Å². The minimum atomic E-state index is -0.499. The van der Waals surface area contributed by atoms with Gasteiger partial charge >= 0.3 is 0 Å². The molecule has 11 heteroatoms. The summed E-state index contributed by atoms with van der Waals surface area (Å²) in [6.07, 6.45) is 6.40. The number of benzene rings is 2. The van der Waals surface area contributed by atoms with E-state index >= 15 is 4.39 Å². The van der Waals surface area contributed by atoms with Crippen molar-refractivity contribution in [3.63, 3.8) is 0 Å². The van der Waals surface area contributed by atoms with Crippen molar-refractivity contribution in [2.24, 2.45) is 0 Å². The van der Waals surface area contributed by atoms with Crippen LogP contribution in [0.25, 0.3) is 27.6 Å². The van der Waals surface area contributed by atoms with Gasteiger partial charge in [0.15, 0.2) is 5.82 Å². The number of ether oxygens (including phenoxy) is 1. The number of aliphatic hydroxyl groups excluding tert-OH is 1. The van der Waals surface area contributed by atoms with Gasteiger partial charge in [-0.2, -0.15) is 0 Å². The number of hydrogen-bond acceptors (Lipinski definition) is 6. The van der Waals surface area contributed by atoms with Gasteiger partial charge in [0.05, 0.1) is 38.5 Å². The number of halogens is 1. The van der Waals surface area contributed by atoms with E-state index in [0.29, 0.717) is 53.8 Å². The fraction of sp³-hybridized carbons (Fsp3) is 0.312. The zero-order chi connectivity index (χ0) is 30.3. The van der Waals surface area contributed by atoms with Crippen LogP contribution in [-0.4, -0.2) is 87.1 Å². The SMILES string of the molecule is COc1ccccc1-c1cc(C2=CCCN(C(=O)CCn3ccnn3)C2)c(F)c2[nH]c(C(=O)N(C)CC#CCCO)cc12. The summed E-state index contributed by atoms with van der Waals surface area (Å²) in [7, 11) is 3.19. The van der Waals surface area contributed by atoms with Crippen LogP contribution in [0.2, 0.25) is 0 Å². The van der Waals surface area contributed by atoms with Crippen LogP contribution in [0, 0.1) is 17.7 Å². The molecule has 222 valence electrons. The number of para-hydroxylation sites is 1. The van der Waals surface area contributed by atoms with Gasteiger partial charge in [-0.25, -0.2) is 4.39 Å². The highest BCUT2D eigenvalue weighted by atomic mass is 19.1. The van der Waals surface area contributed by atoms with Crippen LogP contribution in [-0.2, 0) is 11.3 Å². The highest BCUT2D eigenvalue weighted by molar-refractivity contribution is 6.05. The molecule has 0 aliphatic carbocycles. The second kappa shape index (κ2) is 13.4. The maximum absolute atomic E-state index is 16.4. The summed E-state index contributed by atoms with van der Waals surface area (Å²) in [6, 6.07) is 10.9. The third-order valence-electron chi connectivity index (χ3n) is 7.38. The lowest BCUT2D eigenvalue weighted by molar-refractivity contribution is -0.131. The number of aryl methyl sites for hydroxylation is 1. The van der Waals surface area contributed by atoms with Gasteiger partial charge in [-0.1, -0.05) is 41.3 Å². The van der Waals surface area contributed by atoms with E-state index in [1.165, 1.54) is 4.90 Å². The van der Waals surface area contributed by atoms with E-state index in [9.17, 15) is 9.59 Å². The summed E-state index contributed by atoms with van der Waals surface area (Å²) in [6.45, 7) is 1.32. The van der Waals surface area contributed by atoms with Gasteiger partial charge in [-0.05, 0) is 35.8 Å². The van der Waals surface area contributed by atoms with Crippen LogP contribution in [0.3, 0.4) is 0 Å². The number of carbonyl (C=O) groups is 2. The van der Waals surface area contributed by atoms with Gasteiger partial charge in [-0.15, -0.1) is 5.10 Å². The lowest BCUT2D eigenvalue weighted by Crippen LogP contribution is -2.36. The van der Waals surface area contributed by atoms with E-state index in [2.05, 4.69) is 27.1 Å². The van der Waals surface area contributed by atoms with E-state index in [0.717, 1.165) is 5.56 Å². The number of H-pyrrole nitrogens is 1. The Morgan fingerprint density at radius 1 is 1.19 bits per heavy atom. The molecular weight excluding hydrogens is 551 g/mol. The van der Waals surface area contributed by atoms with Gasteiger partial charge in [0.25, 0.3) is 5.91 Å². The van der Waals surface area contributed by atoms with Gasteiger partial charge in [0.2, 0.25) is 5.91 Å². The second-order valence-electron chi connectivity index (χ2n) is 10.2. The van der Waals surface area contributed by atoms with Crippen molar-refractivity contribution in [1.82, 2.24) is 29.8 Å². The molecule has 0 atom stereocenters. The zero-order valence-electron chi connectivity index (χ0n) is 24.1. The number of carbonyl (C=O) groups excluding carboxylic acids is 2. The molecule has 1 aliphatic heterocycles. The number of aliphatic hydroxyl groups is 1. The predicted molar refractivity (Wildman–Crippen MR) is 160 cm³/mol. The molecule has 0 spiro atoms. The van der Waals surface area contributed by atoms with E-state index in [-0.39, 0.29) is 49.1 Å². The molecule has 0 bridgehead atoms. The van der Waals surface area contributed by atoms with Crippen molar-refractivity contribution in [3.05, 3.63) is 71.9 Å². The predicted octanol–water partition coefficient (Wildman–Crippen LogP) is 3.74. The van der Waals surface area contributed by atoms with Gasteiger partial charge in [0, 0.05) is 55.7 Å². The number of aromatic amines is 1. The third-order valence-corrected chi connectivity index (χ3v) is 7.38. The normalized spacial score (nSPS) is 12.9. The smallest absolute Gasteiger partial charge is 0.270 e. The molecule has 0 unspecified atom stereocenters. The highest BCUT2D eigenvalue weighted by Crippen LogP contribution is 2.40. The summed E-state index contributed by atoms with van der Waals surface area (Å²) in [5.74, 6) is 5.37. The molecule has 2 aromatic heterocycles. The molecule has 0 fully saturated rings. The lowest BCUT2D eigenvalue weighted by atomic mass is 9.93. The average molecular weight is 585 g/mol. The fourth-order valence-corrected chi connectivity index (χ4v) is 5.17. The number of rotatable bonds is 9. The first-order chi connectivity index (χ1) is 20.9. The summed E-state index contributed by atoms with van der Waals surface area (Å²) in [5.41, 5.74) is 2.89. The molecule has 0 saturated carbocycles. The highest BCUT2D eigenvalue weighted by Gasteiger charge is 2.26. The minimum absolute atomic E-state index is 0.0502. The first kappa shape index (κ1) is 29.5. The first-order valence-electron chi connectivity index (χ1n) is 14.0. The Morgan fingerprint density at radius 2 is 2.02 bits per heavy atom. The van der Waals surface area contributed by atoms with Crippen molar-refractivity contribution < 1.29 is 23.8 Å². The summed E-state index contributed by atoms with van der Waals surface area (Å²) in [4.78, 5) is 32.5. The Hall–Kier alpha value is -4.95. The van der Waals surface area contributed by atoms with Crippen LogP contribution in [0.5, 0.6) is 5.75 Å². The molecular formula is C32H33FN6O4. The second-order valence-corrected chi connectivity index (χ2v) is 10.2. The Balaban J connectivity index is 1.52. The average Bonchev–Trinajstić information content (AvgIpc) is 3.73. The zero-order valence-corrected chi connectivity index (χ0v) is 24.1. The molecule has 1 aliphatic rings. The van der Waals surface area contributed by atoms with Crippen LogP contribution in [0.4, 0.5) is 4.39 Å². The van der Waals surface area contributed by atoms with E-state index in [1.54, 1.807) is 48.3 Å². The topological polar surface area (TPSA) is 117 Å². The van der Waals surface area contributed by atoms with Crippen molar-refractivity contribution in [2.75, 3.05) is 40.4 Å². The number of hydrogen-bond donors (Lipinski definition) is 2. The van der Waals surface area contributed by atoms with Crippen molar-refractivity contribution in [1.29, 1.82) is 0 Å². The van der Waals surface area contributed by atoms with Crippen LogP contribution in [0.1, 0.15) is 35.3 Å². The van der Waals surface area contributed by atoms with Gasteiger partial charge in [0.1, 0.15) is 11.4 Å². The van der Waals surface area contributed by atoms with Crippen LogP contribution in [0.15, 0.2) is 54.9 Å². The third kappa shape index (κ3) is 6.44. The van der Waals surface area contributed by atoms with E-state index in [1.807, 2.05) is 30.3 Å². The molecule has 3 heterocycles. The summed E-state index contributed by atoms with van der Waals surface area (Å²) >= 11 is 0. The number of aromatic nitrogens is 4. The standard InChI is InChI=1S/C32H33FN6O4/c1-37(14-6-3-7-18-40)32(42)27-20-26-25(23-10-4-5-11-28(23)43-2)19-24(30(33)31(26)35-27)22-9-8-15-38(21-22)29(41)12-16-39-17-13-34-36-39/h4-5,9-11,13,17,19-20,35,40H,7-8,12,14-16,18,21H2,1-2H3. The Morgan fingerprint density at radius 3 is 2.79 bits per heavy atom. The maximum Gasteiger partial charge on any atom is 0.270 e. The molecule has 5 rings (SSSR count). The van der Waals surface area contributed by atoms with Crippen LogP contribution < -0.4 is 4.74 Å². The Labute approximate surface area is 248 Å². The molecule has 2 aromatic carbocycles. The monoisotopic (exact) mass is 584 g/mol. The fourth-order valence-electron chi connectivity index (χ4n) is 5.17. The minimum Gasteiger partial charge on any atom is -0.496 e. The molecule has 0 radical (unpaired) electrons. The van der Waals surface area contributed by atoms with Crippen molar-refractivity contribution in [2.45, 2.75) is 25.8 Å². The Kier molecular flexibility index (Phi) is 9.17. The van der Waals surface area contributed by atoms with Crippen LogP contribution >= 0.6 is 0 Å². The van der Waals surface area contributed by atoms with E-state index in [4.69, 9.17) is 9.84 Å². The molecule has 2 amide bonds. The molecule has 10 nitrogen and oxygen atoms in total. The quantitative estimate of drug-likeness (QED) is 0.290. The maximum atomic E-state index is 16.4. The summed E-state index contributed by atoms with van der Waals surface area (Å²) < 4.78 is 23.6. The summed E-state index contributed by atoms with van der Waals surface area (Å²) in [5, 5.41) is 17.2. The molecule has 43 heavy (non-hydrogen) atoms. The first-order valence-corrected chi connectivity index (χ1v) is 14.0. The Bertz CT molecular complexity index is 1720. The molecule has 2 N–H and O–H groups in total. The molecule has 4 aromatic rings. The number of methoxy groups -OCH3 is 1. The van der Waals surface area contributed by atoms with E-state index < -0.39 is 5.82 Å².